The van der Waals surface area contributed by atoms with E-state index < -0.39 is 44.3 Å². The molecule has 2 aliphatic heterocycles. The first-order chi connectivity index (χ1) is 25.5. The average Bonchev–Trinajstić information content (AvgIpc) is 3.47. The van der Waals surface area contributed by atoms with Crippen molar-refractivity contribution in [1.29, 1.82) is 0 Å². The molecular formula is C37H43N7O8S2. The van der Waals surface area contributed by atoms with E-state index in [1.807, 2.05) is 0 Å². The second kappa shape index (κ2) is 16.5. The maximum absolute atomic E-state index is 14.0. The number of hydrogen-bond donors (Lipinski definition) is 2. The number of esters is 1. The highest BCUT2D eigenvalue weighted by Gasteiger charge is 2.51. The highest BCUT2D eigenvalue weighted by atomic mass is 32.2. The number of urea groups is 1. The number of aromatic nitrogens is 1. The molecule has 17 heteroatoms. The fourth-order valence-electron chi connectivity index (χ4n) is 6.03. The number of pyridine rings is 1. The molecule has 54 heavy (non-hydrogen) atoms. The van der Waals surface area contributed by atoms with E-state index in [-0.39, 0.29) is 29.1 Å². The first-order valence-electron chi connectivity index (χ1n) is 17.2. The molecule has 2 fully saturated rings. The summed E-state index contributed by atoms with van der Waals surface area (Å²) in [7, 11) is -4.09. The van der Waals surface area contributed by atoms with Crippen LogP contribution in [0.1, 0.15) is 50.5 Å². The number of isocyanates is 1. The highest BCUT2D eigenvalue weighted by Crippen LogP contribution is 2.42. The molecule has 0 saturated carbocycles. The molecule has 3 aromatic rings. The third kappa shape index (κ3) is 9.71. The first kappa shape index (κ1) is 40.1. The Morgan fingerprint density at radius 2 is 1.65 bits per heavy atom. The van der Waals surface area contributed by atoms with Gasteiger partial charge in [-0.1, -0.05) is 12.1 Å². The lowest BCUT2D eigenvalue weighted by Gasteiger charge is -2.34. The molecule has 0 spiro atoms. The number of benzene rings is 2. The van der Waals surface area contributed by atoms with Crippen molar-refractivity contribution in [1.82, 2.24) is 24.4 Å². The van der Waals surface area contributed by atoms with Crippen LogP contribution in [0.5, 0.6) is 0 Å². The van der Waals surface area contributed by atoms with Gasteiger partial charge in [0.25, 0.3) is 5.91 Å². The van der Waals surface area contributed by atoms with Crippen molar-refractivity contribution in [3.8, 4) is 0 Å². The Balaban J connectivity index is 1.22. The molecule has 2 aliphatic rings. The zero-order valence-corrected chi connectivity index (χ0v) is 32.3. The topological polar surface area (TPSA) is 188 Å². The summed E-state index contributed by atoms with van der Waals surface area (Å²) in [4.78, 5) is 74.6. The molecular weight excluding hydrogens is 735 g/mol. The van der Waals surface area contributed by atoms with Crippen molar-refractivity contribution in [2.45, 2.75) is 68.4 Å². The minimum absolute atomic E-state index is 0.0353. The Morgan fingerprint density at radius 3 is 2.24 bits per heavy atom. The molecule has 2 saturated heterocycles. The zero-order chi connectivity index (χ0) is 39.3. The van der Waals surface area contributed by atoms with Crippen molar-refractivity contribution < 1.29 is 37.1 Å². The molecule has 4 amide bonds. The Kier molecular flexibility index (Phi) is 12.3. The summed E-state index contributed by atoms with van der Waals surface area (Å²) in [5, 5.41) is 5.65. The van der Waals surface area contributed by atoms with Gasteiger partial charge in [-0.25, -0.2) is 22.8 Å². The Bertz CT molecular complexity index is 2010. The Labute approximate surface area is 318 Å². The summed E-state index contributed by atoms with van der Waals surface area (Å²) in [6.45, 7) is 10.0. The lowest BCUT2D eigenvalue weighted by atomic mass is 10.0. The predicted molar refractivity (Wildman–Crippen MR) is 202 cm³/mol. The number of nitrogens with one attached hydrogen (secondary N) is 2. The highest BCUT2D eigenvalue weighted by molar-refractivity contribution is 8.02. The molecule has 0 radical (unpaired) electrons. The summed E-state index contributed by atoms with van der Waals surface area (Å²) in [6.07, 6.45) is 4.19. The molecule has 2 atom stereocenters. The SMILES string of the molecule is CC(C)(C)OC(=O)[C@H](Cc1ccc(NC(=O)N2CCN(C(=O)c3ccc(N=C=O)cc3)CC2)cc1)NC(=O)[C@H]1N(S(=O)(=O)c2cccnc2)CSC1(C)C. The number of aliphatic imine (C=N–C) groups is 1. The Hall–Kier alpha value is -5.09. The molecule has 2 N–H and O–H groups in total. The van der Waals surface area contributed by atoms with Crippen LogP contribution in [0.4, 0.5) is 16.2 Å². The van der Waals surface area contributed by atoms with Gasteiger partial charge in [0.2, 0.25) is 22.0 Å². The fourth-order valence-corrected chi connectivity index (χ4v) is 9.16. The third-order valence-electron chi connectivity index (χ3n) is 8.80. The van der Waals surface area contributed by atoms with E-state index in [1.54, 1.807) is 92.9 Å². The van der Waals surface area contributed by atoms with Gasteiger partial charge in [-0.15, -0.1) is 11.8 Å². The lowest BCUT2D eigenvalue weighted by Crippen LogP contribution is -2.57. The van der Waals surface area contributed by atoms with E-state index >= 15 is 0 Å². The second-order valence-corrected chi connectivity index (χ2v) is 17.8. The van der Waals surface area contributed by atoms with Crippen molar-refractivity contribution in [3.63, 3.8) is 0 Å². The summed E-state index contributed by atoms with van der Waals surface area (Å²) in [5.41, 5.74) is 1.14. The monoisotopic (exact) mass is 777 g/mol. The van der Waals surface area contributed by atoms with Crippen molar-refractivity contribution in [2.75, 3.05) is 37.4 Å². The number of thioether (sulfide) groups is 1. The predicted octanol–water partition coefficient (Wildman–Crippen LogP) is 3.95. The van der Waals surface area contributed by atoms with Gasteiger partial charge in [-0.3, -0.25) is 14.6 Å². The van der Waals surface area contributed by atoms with Gasteiger partial charge < -0.3 is 25.2 Å². The van der Waals surface area contributed by atoms with Crippen LogP contribution in [0.15, 0.2) is 82.9 Å². The van der Waals surface area contributed by atoms with Crippen LogP contribution < -0.4 is 10.6 Å². The quantitative estimate of drug-likeness (QED) is 0.173. The summed E-state index contributed by atoms with van der Waals surface area (Å²) >= 11 is 1.32. The van der Waals surface area contributed by atoms with Gasteiger partial charge in [-0.2, -0.15) is 9.30 Å². The van der Waals surface area contributed by atoms with Gasteiger partial charge in [0.15, 0.2) is 0 Å². The second-order valence-electron chi connectivity index (χ2n) is 14.3. The number of sulfonamides is 1. The van der Waals surface area contributed by atoms with Gasteiger partial charge in [0.1, 0.15) is 22.6 Å². The van der Waals surface area contributed by atoms with Crippen molar-refractivity contribution in [3.05, 3.63) is 84.2 Å². The van der Waals surface area contributed by atoms with Gasteiger partial charge >= 0.3 is 12.0 Å². The molecule has 5 rings (SSSR count). The van der Waals surface area contributed by atoms with Crippen LogP contribution in [-0.4, -0.2) is 112 Å². The summed E-state index contributed by atoms with van der Waals surface area (Å²) < 4.78 is 33.2. The van der Waals surface area contributed by atoms with Crippen LogP contribution in [0.25, 0.3) is 0 Å². The number of piperazine rings is 1. The number of rotatable bonds is 10. The van der Waals surface area contributed by atoms with Crippen molar-refractivity contribution in [2.24, 2.45) is 4.99 Å². The number of carbonyl (C=O) groups is 4. The number of carbonyl (C=O) groups excluding carboxylic acids is 5. The van der Waals surface area contributed by atoms with Gasteiger partial charge in [-0.05, 0) is 88.7 Å². The van der Waals surface area contributed by atoms with Gasteiger partial charge in [0, 0.05) is 61.0 Å². The molecule has 0 aliphatic carbocycles. The van der Waals surface area contributed by atoms with Crippen LogP contribution in [-0.2, 0) is 35.6 Å². The maximum atomic E-state index is 14.0. The van der Waals surface area contributed by atoms with Crippen LogP contribution in [0.3, 0.4) is 0 Å². The lowest BCUT2D eigenvalue weighted by molar-refractivity contribution is -0.158. The molecule has 286 valence electrons. The van der Waals surface area contributed by atoms with Crippen LogP contribution in [0, 0.1) is 0 Å². The molecule has 0 bridgehead atoms. The number of nitrogens with zero attached hydrogens (tertiary/aromatic N) is 5. The number of hydrogen-bond acceptors (Lipinski definition) is 11. The number of amides is 4. The molecule has 3 heterocycles. The van der Waals surface area contributed by atoms with Crippen LogP contribution in [0.2, 0.25) is 0 Å². The normalized spacial score (nSPS) is 17.9. The molecule has 0 unspecified atom stereocenters. The smallest absolute Gasteiger partial charge is 0.329 e. The van der Waals surface area contributed by atoms with E-state index in [2.05, 4.69) is 20.6 Å². The molecule has 15 nitrogen and oxygen atoms in total. The summed E-state index contributed by atoms with van der Waals surface area (Å²) in [6, 6.07) is 13.4. The summed E-state index contributed by atoms with van der Waals surface area (Å²) in [5.74, 6) is -1.47. The van der Waals surface area contributed by atoms with Gasteiger partial charge in [0.05, 0.1) is 11.6 Å². The number of anilines is 1. The zero-order valence-electron chi connectivity index (χ0n) is 30.6. The largest absolute Gasteiger partial charge is 0.458 e. The van der Waals surface area contributed by atoms with Crippen molar-refractivity contribution >= 4 is 63.1 Å². The standard InChI is InChI=1S/C37H43N7O8S2/c1-36(2,3)52-34(48)30(41-32(46)31-37(4,5)53-24-44(31)54(50,51)29-7-6-16-38-22-29)21-25-8-12-28(13-9-25)40-35(49)43-19-17-42(18-20-43)33(47)26-10-14-27(15-11-26)39-23-45/h6-16,22,30-31H,17-21,24H2,1-5H3,(H,40,49)(H,41,46)/t30-,31+/m0/s1. The third-order valence-corrected chi connectivity index (χ3v) is 12.1. The maximum Gasteiger partial charge on any atom is 0.329 e. The molecule has 2 aromatic carbocycles. The minimum atomic E-state index is -4.09. The first-order valence-corrected chi connectivity index (χ1v) is 19.6. The molecule has 1 aromatic heterocycles. The average molecular weight is 778 g/mol. The fraction of sp³-hybridized carbons (Fsp3) is 0.405. The van der Waals surface area contributed by atoms with Crippen LogP contribution >= 0.6 is 11.8 Å². The van der Waals surface area contributed by atoms with E-state index in [0.717, 1.165) is 4.31 Å². The van der Waals surface area contributed by atoms with E-state index in [9.17, 15) is 32.4 Å². The van der Waals surface area contributed by atoms with E-state index in [0.29, 0.717) is 48.7 Å². The van der Waals surface area contributed by atoms with E-state index in [4.69, 9.17) is 4.74 Å². The minimum Gasteiger partial charge on any atom is -0.458 e. The Morgan fingerprint density at radius 1 is 1.00 bits per heavy atom. The number of ether oxygens (including phenoxy) is 1. The van der Waals surface area contributed by atoms with E-state index in [1.165, 1.54) is 42.4 Å².